The van der Waals surface area contributed by atoms with Crippen molar-refractivity contribution in [3.05, 3.63) is 70.0 Å². The van der Waals surface area contributed by atoms with E-state index in [0.29, 0.717) is 11.3 Å². The van der Waals surface area contributed by atoms with Gasteiger partial charge in [0.1, 0.15) is 0 Å². The van der Waals surface area contributed by atoms with Crippen LogP contribution in [0, 0.1) is 25.5 Å². The van der Waals surface area contributed by atoms with Crippen LogP contribution in [-0.4, -0.2) is 27.4 Å². The summed E-state index contributed by atoms with van der Waals surface area (Å²) in [4.78, 5) is 18.7. The largest absolute Gasteiger partial charge is 0.339 e. The van der Waals surface area contributed by atoms with Gasteiger partial charge in [0.15, 0.2) is 16.8 Å². The van der Waals surface area contributed by atoms with Crippen molar-refractivity contribution in [3.63, 3.8) is 0 Å². The number of hydrogen-bond donors (Lipinski definition) is 0. The molecule has 3 aromatic rings. The second-order valence-corrected chi connectivity index (χ2v) is 7.44. The summed E-state index contributed by atoms with van der Waals surface area (Å²) in [6.07, 6.45) is 0.153. The van der Waals surface area contributed by atoms with E-state index in [4.69, 9.17) is 0 Å². The van der Waals surface area contributed by atoms with Crippen molar-refractivity contribution < 1.29 is 13.6 Å². The number of amides is 1. The van der Waals surface area contributed by atoms with Crippen LogP contribution in [0.5, 0.6) is 0 Å². The summed E-state index contributed by atoms with van der Waals surface area (Å²) in [6, 6.07) is 7.37. The minimum absolute atomic E-state index is 0.134. The van der Waals surface area contributed by atoms with Gasteiger partial charge < -0.3 is 4.90 Å². The molecule has 0 bridgehead atoms. The zero-order chi connectivity index (χ0) is 19.7. The number of aromatic nitrogens is 2. The van der Waals surface area contributed by atoms with E-state index in [0.717, 1.165) is 28.7 Å². The van der Waals surface area contributed by atoms with Gasteiger partial charge in [0.05, 0.1) is 18.2 Å². The first kappa shape index (κ1) is 19.2. The lowest BCUT2D eigenvalue weighted by Crippen LogP contribution is -2.31. The molecule has 0 saturated heterocycles. The zero-order valence-electron chi connectivity index (χ0n) is 15.7. The smallest absolute Gasteiger partial charge is 0.228 e. The molecule has 2 heterocycles. The van der Waals surface area contributed by atoms with E-state index < -0.39 is 11.6 Å². The van der Waals surface area contributed by atoms with Gasteiger partial charge in [-0.3, -0.25) is 9.36 Å². The monoisotopic (exact) mass is 389 g/mol. The Morgan fingerprint density at radius 1 is 1.19 bits per heavy atom. The minimum atomic E-state index is -0.915. The molecule has 0 spiro atoms. The highest BCUT2D eigenvalue weighted by Crippen LogP contribution is 2.23. The van der Waals surface area contributed by atoms with Crippen molar-refractivity contribution in [2.24, 2.45) is 0 Å². The molecule has 0 aliphatic rings. The summed E-state index contributed by atoms with van der Waals surface area (Å²) in [6.45, 7) is 5.80. The predicted molar refractivity (Wildman–Crippen MR) is 102 cm³/mol. The molecule has 0 saturated carbocycles. The number of rotatable bonds is 5. The first-order valence-corrected chi connectivity index (χ1v) is 9.46. The van der Waals surface area contributed by atoms with Crippen molar-refractivity contribution in [1.29, 1.82) is 0 Å². The molecule has 142 valence electrons. The molecule has 0 N–H and O–H groups in total. The Kier molecular flexibility index (Phi) is 5.41. The zero-order valence-corrected chi connectivity index (χ0v) is 16.5. The maximum atomic E-state index is 13.5. The van der Waals surface area contributed by atoms with E-state index in [1.807, 2.05) is 35.9 Å². The number of thiazole rings is 1. The van der Waals surface area contributed by atoms with Crippen molar-refractivity contribution in [1.82, 2.24) is 14.5 Å². The van der Waals surface area contributed by atoms with Crippen molar-refractivity contribution in [2.75, 3.05) is 7.05 Å². The van der Waals surface area contributed by atoms with E-state index in [1.54, 1.807) is 14.0 Å². The van der Waals surface area contributed by atoms with Crippen LogP contribution in [0.1, 0.15) is 35.6 Å². The second-order valence-electron chi connectivity index (χ2n) is 6.60. The van der Waals surface area contributed by atoms with Crippen molar-refractivity contribution >= 4 is 17.2 Å². The van der Waals surface area contributed by atoms with Crippen LogP contribution >= 0.6 is 11.3 Å². The molecule has 27 heavy (non-hydrogen) atoms. The van der Waals surface area contributed by atoms with Gasteiger partial charge >= 0.3 is 0 Å². The number of hydrogen-bond acceptors (Lipinski definition) is 3. The van der Waals surface area contributed by atoms with Crippen LogP contribution in [0.4, 0.5) is 8.78 Å². The van der Waals surface area contributed by atoms with Crippen LogP contribution in [0.2, 0.25) is 0 Å². The van der Waals surface area contributed by atoms with Crippen LogP contribution < -0.4 is 0 Å². The molecule has 1 aromatic carbocycles. The maximum absolute atomic E-state index is 13.5. The van der Waals surface area contributed by atoms with Gasteiger partial charge in [-0.15, -0.1) is 11.3 Å². The predicted octanol–water partition coefficient (Wildman–Crippen LogP) is 4.59. The van der Waals surface area contributed by atoms with E-state index in [9.17, 15) is 13.6 Å². The highest BCUT2D eigenvalue weighted by atomic mass is 32.1. The third-order valence-corrected chi connectivity index (χ3v) is 5.61. The summed E-state index contributed by atoms with van der Waals surface area (Å²) in [5.74, 6) is -1.95. The fourth-order valence-corrected chi connectivity index (χ4v) is 3.88. The van der Waals surface area contributed by atoms with Gasteiger partial charge in [-0.25, -0.2) is 13.8 Å². The summed E-state index contributed by atoms with van der Waals surface area (Å²) in [5, 5.41) is 2.71. The lowest BCUT2D eigenvalue weighted by molar-refractivity contribution is -0.131. The number of likely N-dealkylation sites (N-methyl/N-ethyl adjacent to an activating group) is 1. The molecule has 0 unspecified atom stereocenters. The van der Waals surface area contributed by atoms with Gasteiger partial charge in [0.25, 0.3) is 0 Å². The molecule has 2 aromatic heterocycles. The average Bonchev–Trinajstić information content (AvgIpc) is 3.21. The number of carbonyl (C=O) groups excluding carboxylic acids is 1. The summed E-state index contributed by atoms with van der Waals surface area (Å²) in [7, 11) is 1.65. The first-order chi connectivity index (χ1) is 12.8. The summed E-state index contributed by atoms with van der Waals surface area (Å²) in [5.41, 5.74) is 3.41. The molecular weight excluding hydrogens is 368 g/mol. The number of halogens is 2. The van der Waals surface area contributed by atoms with E-state index in [1.165, 1.54) is 22.3 Å². The maximum Gasteiger partial charge on any atom is 0.228 e. The lowest BCUT2D eigenvalue weighted by Gasteiger charge is -2.25. The number of carbonyl (C=O) groups is 1. The highest BCUT2D eigenvalue weighted by Gasteiger charge is 2.20. The van der Waals surface area contributed by atoms with Crippen LogP contribution in [-0.2, 0) is 11.2 Å². The standard InChI is InChI=1S/C20H21F2N3OS/c1-12-5-6-13(2)25(12)20-23-16(11-27-20)10-19(26)24(4)14(3)15-7-8-17(21)18(22)9-15/h5-9,11,14H,10H2,1-4H3/t14-/m0/s1. The molecule has 1 atom stereocenters. The van der Waals surface area contributed by atoms with Crippen LogP contribution in [0.3, 0.4) is 0 Å². The third-order valence-electron chi connectivity index (χ3n) is 4.73. The average molecular weight is 389 g/mol. The molecular formula is C20H21F2N3OS. The van der Waals surface area contributed by atoms with Crippen molar-refractivity contribution in [3.8, 4) is 5.13 Å². The Morgan fingerprint density at radius 3 is 2.48 bits per heavy atom. The van der Waals surface area contributed by atoms with Gasteiger partial charge in [-0.05, 0) is 50.6 Å². The summed E-state index contributed by atoms with van der Waals surface area (Å²) < 4.78 is 28.6. The number of benzene rings is 1. The van der Waals surface area contributed by atoms with Gasteiger partial charge in [0, 0.05) is 23.8 Å². The molecule has 0 aliphatic heterocycles. The lowest BCUT2D eigenvalue weighted by atomic mass is 10.1. The highest BCUT2D eigenvalue weighted by molar-refractivity contribution is 7.12. The van der Waals surface area contributed by atoms with E-state index in [2.05, 4.69) is 4.98 Å². The topological polar surface area (TPSA) is 38.1 Å². The number of nitrogens with zero attached hydrogens (tertiary/aromatic N) is 3. The van der Waals surface area contributed by atoms with E-state index in [-0.39, 0.29) is 18.4 Å². The molecule has 0 radical (unpaired) electrons. The third kappa shape index (κ3) is 3.93. The Bertz CT molecular complexity index is 960. The Balaban J connectivity index is 1.72. The van der Waals surface area contributed by atoms with Gasteiger partial charge in [-0.1, -0.05) is 6.07 Å². The molecule has 0 aliphatic carbocycles. The first-order valence-electron chi connectivity index (χ1n) is 8.58. The van der Waals surface area contributed by atoms with Crippen LogP contribution in [0.25, 0.3) is 5.13 Å². The summed E-state index contributed by atoms with van der Waals surface area (Å²) >= 11 is 1.49. The number of aryl methyl sites for hydroxylation is 2. The Labute approximate surface area is 161 Å². The molecule has 3 rings (SSSR count). The minimum Gasteiger partial charge on any atom is -0.339 e. The SMILES string of the molecule is Cc1ccc(C)n1-c1nc(CC(=O)N(C)[C@@H](C)c2ccc(F)c(F)c2)cs1. The van der Waals surface area contributed by atoms with Crippen LogP contribution in [0.15, 0.2) is 35.7 Å². The molecule has 4 nitrogen and oxygen atoms in total. The quantitative estimate of drug-likeness (QED) is 0.640. The Hall–Kier alpha value is -2.54. The molecule has 0 fully saturated rings. The fourth-order valence-electron chi connectivity index (χ4n) is 2.94. The van der Waals surface area contributed by atoms with Crippen molar-refractivity contribution in [2.45, 2.75) is 33.2 Å². The fraction of sp³-hybridized carbons (Fsp3) is 0.300. The van der Waals surface area contributed by atoms with Gasteiger partial charge in [0.2, 0.25) is 5.91 Å². The Morgan fingerprint density at radius 2 is 1.85 bits per heavy atom. The van der Waals surface area contributed by atoms with Gasteiger partial charge in [-0.2, -0.15) is 0 Å². The molecule has 1 amide bonds. The van der Waals surface area contributed by atoms with E-state index >= 15 is 0 Å². The second kappa shape index (κ2) is 7.60. The molecule has 7 heteroatoms. The normalized spacial score (nSPS) is 12.2.